The second kappa shape index (κ2) is 70.6. The number of unbranched alkanes of at least 4 members (excludes halogenated alkanes) is 16. The van der Waals surface area contributed by atoms with Gasteiger partial charge in [-0.25, -0.2) is 0 Å². The van der Waals surface area contributed by atoms with Crippen molar-refractivity contribution in [3.63, 3.8) is 0 Å². The van der Waals surface area contributed by atoms with Crippen molar-refractivity contribution in [2.24, 2.45) is 52.8 Å². The summed E-state index contributed by atoms with van der Waals surface area (Å²) >= 11 is 7.32. The fourth-order valence-corrected chi connectivity index (χ4v) is 14.1. The van der Waals surface area contributed by atoms with E-state index in [9.17, 15) is 19.2 Å². The van der Waals surface area contributed by atoms with Gasteiger partial charge in [0.25, 0.3) is 0 Å². The first kappa shape index (κ1) is 92.8. The monoisotopic (exact) mass is 1290 g/mol. The average Bonchev–Trinajstić information content (AvgIpc) is 3.51. The normalized spacial score (nSPS) is 14.0. The summed E-state index contributed by atoms with van der Waals surface area (Å²) in [7, 11) is 0. The lowest BCUT2D eigenvalue weighted by molar-refractivity contribution is -0.141. The number of hydrogen-bond donors (Lipinski definition) is 8. The van der Waals surface area contributed by atoms with E-state index >= 15 is 0 Å². The largest absolute Gasteiger partial charge is 0.481 e. The van der Waals surface area contributed by atoms with Crippen LogP contribution in [0, 0.1) is 52.8 Å². The van der Waals surface area contributed by atoms with Gasteiger partial charge in [-0.05, 0) is 98.0 Å². The summed E-state index contributed by atoms with van der Waals surface area (Å²) in [5, 5.41) is 69.5. The summed E-state index contributed by atoms with van der Waals surface area (Å²) in [6.45, 7) is 23.6. The van der Waals surface area contributed by atoms with E-state index in [2.05, 4.69) is 55.4 Å². The molecule has 0 bridgehead atoms. The van der Waals surface area contributed by atoms with Gasteiger partial charge in [-0.3, -0.25) is 19.2 Å². The molecular weight excluding hydrogens is 1150 g/mol. The van der Waals surface area contributed by atoms with Gasteiger partial charge in [0.1, 0.15) is 0 Å². The number of carboxylic acid groups (broad SMARTS) is 4. The Bertz CT molecular complexity index is 1210. The fourth-order valence-electron chi connectivity index (χ4n) is 8.89. The lowest BCUT2D eigenvalue weighted by Crippen LogP contribution is -2.37. The predicted octanol–water partition coefficient (Wildman–Crippen LogP) is 18.8. The van der Waals surface area contributed by atoms with Crippen molar-refractivity contribution in [1.82, 2.24) is 0 Å². The standard InChI is InChI=1S/4C16H32O2S.C5H12O4/c4*1-4-6-8-9-11-15(10-7-5-2)13-19-12-14(3)16(17)18;6-1-5(2-7,3-8)4-9/h4*14-15H,4-13H2,1-3H3,(H,17,18);6-9H,1-4H2. The first-order valence-electron chi connectivity index (χ1n) is 34.4. The number of carbonyl (C=O) groups is 4. The fraction of sp³-hybridized carbons (Fsp3) is 0.942. The Morgan fingerprint density at radius 1 is 0.271 bits per heavy atom. The van der Waals surface area contributed by atoms with Crippen molar-refractivity contribution in [1.29, 1.82) is 0 Å². The molecule has 0 aromatic heterocycles. The molecule has 0 radical (unpaired) electrons. The summed E-state index contributed by atoms with van der Waals surface area (Å²) < 4.78 is 0. The number of thioether (sulfide) groups is 4. The highest BCUT2D eigenvalue weighted by atomic mass is 32.2. The van der Waals surface area contributed by atoms with Gasteiger partial charge in [0.15, 0.2) is 0 Å². The number of aliphatic hydroxyl groups excluding tert-OH is 4. The Hall–Kier alpha value is -0.880. The van der Waals surface area contributed by atoms with Crippen molar-refractivity contribution in [2.45, 2.75) is 289 Å². The molecule has 0 heterocycles. The molecule has 0 saturated heterocycles. The molecule has 0 spiro atoms. The van der Waals surface area contributed by atoms with Gasteiger partial charge in [-0.1, -0.05) is 237 Å². The summed E-state index contributed by atoms with van der Waals surface area (Å²) in [6, 6.07) is 0. The maximum absolute atomic E-state index is 10.8. The van der Waals surface area contributed by atoms with E-state index in [4.69, 9.17) is 40.9 Å². The highest BCUT2D eigenvalue weighted by Crippen LogP contribution is 2.27. The Morgan fingerprint density at radius 3 is 0.565 bits per heavy atom. The van der Waals surface area contributed by atoms with Crippen LogP contribution in [0.4, 0.5) is 0 Å². The summed E-state index contributed by atoms with van der Waals surface area (Å²) in [4.78, 5) is 43.1. The van der Waals surface area contributed by atoms with Crippen LogP contribution in [0.2, 0.25) is 0 Å². The van der Waals surface area contributed by atoms with E-state index in [0.717, 1.165) is 69.7 Å². The van der Waals surface area contributed by atoms with Crippen LogP contribution in [0.25, 0.3) is 0 Å². The molecule has 0 saturated carbocycles. The van der Waals surface area contributed by atoms with E-state index in [1.54, 1.807) is 27.7 Å². The van der Waals surface area contributed by atoms with Crippen LogP contribution in [0.15, 0.2) is 0 Å². The Balaban J connectivity index is -0.000000319. The van der Waals surface area contributed by atoms with Gasteiger partial charge in [-0.2, -0.15) is 47.0 Å². The summed E-state index contributed by atoms with van der Waals surface area (Å²) in [5.41, 5.74) is -1.11. The minimum Gasteiger partial charge on any atom is -0.481 e. The molecule has 0 aromatic rings. The second-order valence-corrected chi connectivity index (χ2v) is 29.0. The van der Waals surface area contributed by atoms with Gasteiger partial charge in [0.05, 0.1) is 55.5 Å². The molecule has 0 aliphatic rings. The minimum absolute atomic E-state index is 0.211. The molecule has 0 fully saturated rings. The van der Waals surface area contributed by atoms with Gasteiger partial charge in [-0.15, -0.1) is 0 Å². The maximum Gasteiger partial charge on any atom is 0.307 e. The molecular formula is C69H140O12S4. The molecule has 12 nitrogen and oxygen atoms in total. The van der Waals surface area contributed by atoms with E-state index in [-0.39, 0.29) is 23.7 Å². The average molecular weight is 1290 g/mol. The van der Waals surface area contributed by atoms with E-state index in [0.29, 0.717) is 0 Å². The van der Waals surface area contributed by atoms with Crippen LogP contribution in [0.1, 0.15) is 289 Å². The van der Waals surface area contributed by atoms with Crippen LogP contribution in [-0.2, 0) is 19.2 Å². The number of aliphatic carboxylic acids is 4. The van der Waals surface area contributed by atoms with Gasteiger partial charge >= 0.3 is 23.9 Å². The third-order valence-corrected chi connectivity index (χ3v) is 21.4. The van der Waals surface area contributed by atoms with Crippen LogP contribution in [0.3, 0.4) is 0 Å². The van der Waals surface area contributed by atoms with Crippen LogP contribution in [-0.4, -0.2) is 137 Å². The molecule has 16 heteroatoms. The molecule has 8 atom stereocenters. The van der Waals surface area contributed by atoms with Gasteiger partial charge < -0.3 is 40.9 Å². The van der Waals surface area contributed by atoms with Gasteiger partial charge in [0, 0.05) is 23.0 Å². The molecule has 0 aliphatic heterocycles. The molecule has 0 aromatic carbocycles. The number of hydrogen-bond acceptors (Lipinski definition) is 12. The number of aliphatic hydroxyl groups is 4. The quantitative estimate of drug-likeness (QED) is 0.0265. The SMILES string of the molecule is CCCCCCC(CCCC)CSCC(C)C(=O)O.CCCCCCC(CCCC)CSCC(C)C(=O)O.CCCCCCC(CCCC)CSCC(C)C(=O)O.CCCCCCC(CCCC)CSCC(C)C(=O)O.OCC(CO)(CO)CO. The van der Waals surface area contributed by atoms with Crippen molar-refractivity contribution in [3.05, 3.63) is 0 Å². The third kappa shape index (κ3) is 65.9. The van der Waals surface area contributed by atoms with Crippen molar-refractivity contribution >= 4 is 70.9 Å². The summed E-state index contributed by atoms with van der Waals surface area (Å²) in [5.74, 6) is 7.27. The van der Waals surface area contributed by atoms with Crippen LogP contribution >= 0.6 is 47.0 Å². The topological polar surface area (TPSA) is 230 Å². The first-order chi connectivity index (χ1) is 40.7. The Morgan fingerprint density at radius 2 is 0.435 bits per heavy atom. The Labute approximate surface area is 541 Å². The lowest BCUT2D eigenvalue weighted by Gasteiger charge is -2.23. The third-order valence-electron chi connectivity index (χ3n) is 15.6. The maximum atomic E-state index is 10.8. The number of rotatable bonds is 56. The first-order valence-corrected chi connectivity index (χ1v) is 39.0. The van der Waals surface area contributed by atoms with Crippen molar-refractivity contribution in [2.75, 3.05) is 72.5 Å². The molecule has 8 N–H and O–H groups in total. The number of carboxylic acids is 4. The molecule has 512 valence electrons. The van der Waals surface area contributed by atoms with E-state index in [1.165, 1.54) is 205 Å². The lowest BCUT2D eigenvalue weighted by atomic mass is 9.93. The van der Waals surface area contributed by atoms with Gasteiger partial charge in [0.2, 0.25) is 0 Å². The second-order valence-electron chi connectivity index (χ2n) is 24.7. The molecule has 8 unspecified atom stereocenters. The smallest absolute Gasteiger partial charge is 0.307 e. The van der Waals surface area contributed by atoms with Crippen molar-refractivity contribution < 1.29 is 60.0 Å². The predicted molar refractivity (Wildman–Crippen MR) is 374 cm³/mol. The molecule has 0 amide bonds. The minimum atomic E-state index is -1.11. The highest BCUT2D eigenvalue weighted by Gasteiger charge is 2.26. The zero-order chi connectivity index (χ0) is 65.4. The zero-order valence-corrected chi connectivity index (χ0v) is 60.3. The Kier molecular flexibility index (Phi) is 77.1. The molecule has 0 rings (SSSR count). The summed E-state index contributed by atoms with van der Waals surface area (Å²) in [6.07, 6.45) is 42.3. The molecule has 85 heavy (non-hydrogen) atoms. The van der Waals surface area contributed by atoms with Crippen LogP contribution in [0.5, 0.6) is 0 Å². The van der Waals surface area contributed by atoms with E-state index in [1.807, 2.05) is 47.0 Å². The van der Waals surface area contributed by atoms with Crippen molar-refractivity contribution in [3.8, 4) is 0 Å². The van der Waals surface area contributed by atoms with E-state index < -0.39 is 55.7 Å². The zero-order valence-electron chi connectivity index (χ0n) is 57.1. The van der Waals surface area contributed by atoms with Crippen LogP contribution < -0.4 is 0 Å². The highest BCUT2D eigenvalue weighted by molar-refractivity contribution is 7.99. The molecule has 0 aliphatic carbocycles.